The molecular formula is C10H16FN3. The van der Waals surface area contributed by atoms with Crippen molar-refractivity contribution in [1.29, 1.82) is 0 Å². The highest BCUT2D eigenvalue weighted by molar-refractivity contribution is 5.35. The molecule has 0 aliphatic heterocycles. The van der Waals surface area contributed by atoms with Crippen LogP contribution in [0.25, 0.3) is 0 Å². The fraction of sp³-hybridized carbons (Fsp3) is 0.700. The first-order chi connectivity index (χ1) is 6.69. The molecule has 1 aromatic rings. The van der Waals surface area contributed by atoms with Gasteiger partial charge in [-0.1, -0.05) is 19.8 Å². The molecule has 3 nitrogen and oxygen atoms in total. The van der Waals surface area contributed by atoms with Crippen molar-refractivity contribution in [1.82, 2.24) is 10.2 Å². The lowest BCUT2D eigenvalue weighted by Gasteiger charge is -2.25. The smallest absolute Gasteiger partial charge is 0.188 e. The molecule has 0 unspecified atom stereocenters. The third-order valence-electron chi connectivity index (χ3n) is 3.50. The van der Waals surface area contributed by atoms with Crippen LogP contribution >= 0.6 is 0 Å². The number of nitrogens with one attached hydrogen (secondary N) is 1. The molecule has 3 N–H and O–H groups in total. The number of hydrogen-bond donors (Lipinski definition) is 2. The number of halogens is 1. The molecule has 0 aromatic carbocycles. The predicted molar refractivity (Wildman–Crippen MR) is 53.4 cm³/mol. The Balaban J connectivity index is 2.40. The lowest BCUT2D eigenvalue weighted by atomic mass is 9.80. The minimum absolute atomic E-state index is 0.000255. The molecule has 14 heavy (non-hydrogen) atoms. The number of anilines is 1. The van der Waals surface area contributed by atoms with Crippen LogP contribution in [0.3, 0.4) is 0 Å². The second kappa shape index (κ2) is 3.26. The van der Waals surface area contributed by atoms with E-state index >= 15 is 0 Å². The summed E-state index contributed by atoms with van der Waals surface area (Å²) in [5.74, 6) is -0.339. The van der Waals surface area contributed by atoms with Gasteiger partial charge in [0.15, 0.2) is 11.6 Å². The van der Waals surface area contributed by atoms with Crippen molar-refractivity contribution >= 4 is 5.82 Å². The fourth-order valence-corrected chi connectivity index (χ4v) is 2.53. The third kappa shape index (κ3) is 1.21. The third-order valence-corrected chi connectivity index (χ3v) is 3.50. The normalized spacial score (nSPS) is 20.1. The summed E-state index contributed by atoms with van der Waals surface area (Å²) in [6.07, 6.45) is 5.38. The molecule has 0 spiro atoms. The Bertz CT molecular complexity index is 326. The topological polar surface area (TPSA) is 54.7 Å². The van der Waals surface area contributed by atoms with Gasteiger partial charge in [-0.3, -0.25) is 5.10 Å². The maximum absolute atomic E-state index is 13.6. The van der Waals surface area contributed by atoms with Crippen LogP contribution in [0.4, 0.5) is 10.2 Å². The first-order valence-corrected chi connectivity index (χ1v) is 5.19. The van der Waals surface area contributed by atoms with Crippen LogP contribution in [-0.2, 0) is 5.41 Å². The predicted octanol–water partition coefficient (Wildman–Crippen LogP) is 2.35. The Hall–Kier alpha value is -1.06. The number of H-pyrrole nitrogens is 1. The van der Waals surface area contributed by atoms with Crippen LogP contribution in [0.15, 0.2) is 0 Å². The van der Waals surface area contributed by atoms with E-state index < -0.39 is 0 Å². The van der Waals surface area contributed by atoms with Gasteiger partial charge in [0.2, 0.25) is 0 Å². The second-order valence-electron chi connectivity index (χ2n) is 4.14. The molecule has 1 aromatic heterocycles. The van der Waals surface area contributed by atoms with Gasteiger partial charge in [-0.15, -0.1) is 0 Å². The molecule has 0 atom stereocenters. The summed E-state index contributed by atoms with van der Waals surface area (Å²) in [6, 6.07) is 0. The van der Waals surface area contributed by atoms with Crippen molar-refractivity contribution in [2.45, 2.75) is 44.4 Å². The van der Waals surface area contributed by atoms with E-state index in [2.05, 4.69) is 17.1 Å². The van der Waals surface area contributed by atoms with E-state index in [1.54, 1.807) is 0 Å². The molecular weight excluding hydrogens is 181 g/mol. The number of aromatic nitrogens is 2. The zero-order chi connectivity index (χ0) is 10.2. The van der Waals surface area contributed by atoms with Crippen LogP contribution in [-0.4, -0.2) is 10.2 Å². The molecule has 0 radical (unpaired) electrons. The van der Waals surface area contributed by atoms with Crippen LogP contribution in [0, 0.1) is 5.82 Å². The monoisotopic (exact) mass is 197 g/mol. The van der Waals surface area contributed by atoms with E-state index in [0.29, 0.717) is 5.69 Å². The summed E-state index contributed by atoms with van der Waals surface area (Å²) in [4.78, 5) is 0. The van der Waals surface area contributed by atoms with Crippen molar-refractivity contribution in [2.75, 3.05) is 5.73 Å². The molecule has 0 bridgehead atoms. The molecule has 4 heteroatoms. The Morgan fingerprint density at radius 2 is 2.14 bits per heavy atom. The number of hydrogen-bond acceptors (Lipinski definition) is 2. The zero-order valence-corrected chi connectivity index (χ0v) is 8.44. The number of rotatable bonds is 2. The lowest BCUT2D eigenvalue weighted by Crippen LogP contribution is -2.22. The lowest BCUT2D eigenvalue weighted by molar-refractivity contribution is 0.392. The molecule has 2 rings (SSSR count). The van der Waals surface area contributed by atoms with Crippen LogP contribution in [0.5, 0.6) is 0 Å². The second-order valence-corrected chi connectivity index (χ2v) is 4.14. The number of nitrogens with two attached hydrogens (primary N) is 1. The average molecular weight is 197 g/mol. The number of nitrogens with zero attached hydrogens (tertiary/aromatic N) is 1. The van der Waals surface area contributed by atoms with Gasteiger partial charge in [0.05, 0.1) is 5.69 Å². The van der Waals surface area contributed by atoms with Crippen molar-refractivity contribution < 1.29 is 4.39 Å². The average Bonchev–Trinajstić information content (AvgIpc) is 2.77. The van der Waals surface area contributed by atoms with E-state index in [-0.39, 0.29) is 17.1 Å². The molecule has 78 valence electrons. The first-order valence-electron chi connectivity index (χ1n) is 5.19. The molecule has 1 fully saturated rings. The van der Waals surface area contributed by atoms with Gasteiger partial charge in [0, 0.05) is 5.41 Å². The SMILES string of the molecule is CCC1(c2[nH]nc(N)c2F)CCCC1. The van der Waals surface area contributed by atoms with E-state index in [1.807, 2.05) is 0 Å². The first kappa shape index (κ1) is 9.49. The van der Waals surface area contributed by atoms with Gasteiger partial charge in [0.25, 0.3) is 0 Å². The van der Waals surface area contributed by atoms with Crippen LogP contribution in [0.1, 0.15) is 44.7 Å². The van der Waals surface area contributed by atoms with E-state index in [0.717, 1.165) is 19.3 Å². The Labute approximate surface area is 82.9 Å². The van der Waals surface area contributed by atoms with Gasteiger partial charge in [-0.25, -0.2) is 4.39 Å². The van der Waals surface area contributed by atoms with Crippen molar-refractivity contribution in [3.05, 3.63) is 11.5 Å². The van der Waals surface area contributed by atoms with Crippen molar-refractivity contribution in [2.24, 2.45) is 0 Å². The van der Waals surface area contributed by atoms with Crippen LogP contribution < -0.4 is 5.73 Å². The van der Waals surface area contributed by atoms with Crippen molar-refractivity contribution in [3.63, 3.8) is 0 Å². The van der Waals surface area contributed by atoms with Crippen molar-refractivity contribution in [3.8, 4) is 0 Å². The molecule has 0 saturated heterocycles. The molecule has 1 aliphatic carbocycles. The summed E-state index contributed by atoms with van der Waals surface area (Å²) in [5.41, 5.74) is 5.99. The molecule has 1 aliphatic rings. The fourth-order valence-electron chi connectivity index (χ4n) is 2.53. The molecule has 1 heterocycles. The van der Waals surface area contributed by atoms with Gasteiger partial charge in [-0.05, 0) is 19.3 Å². The zero-order valence-electron chi connectivity index (χ0n) is 8.44. The number of nitrogen functional groups attached to an aromatic ring is 1. The largest absolute Gasteiger partial charge is 0.380 e. The van der Waals surface area contributed by atoms with Gasteiger partial charge >= 0.3 is 0 Å². The van der Waals surface area contributed by atoms with E-state index in [9.17, 15) is 4.39 Å². The van der Waals surface area contributed by atoms with Gasteiger partial charge in [-0.2, -0.15) is 5.10 Å². The van der Waals surface area contributed by atoms with Crippen LogP contribution in [0.2, 0.25) is 0 Å². The van der Waals surface area contributed by atoms with E-state index in [4.69, 9.17) is 5.73 Å². The minimum Gasteiger partial charge on any atom is -0.380 e. The highest BCUT2D eigenvalue weighted by Crippen LogP contribution is 2.44. The Morgan fingerprint density at radius 1 is 1.50 bits per heavy atom. The van der Waals surface area contributed by atoms with Gasteiger partial charge in [0.1, 0.15) is 0 Å². The Morgan fingerprint density at radius 3 is 2.57 bits per heavy atom. The standard InChI is InChI=1S/C10H16FN3/c1-2-10(5-3-4-6-10)8-7(11)9(12)14-13-8/h2-6H2,1H3,(H3,12,13,14). The minimum atomic E-state index is -0.339. The maximum Gasteiger partial charge on any atom is 0.188 e. The quantitative estimate of drug-likeness (QED) is 0.764. The summed E-state index contributed by atoms with van der Waals surface area (Å²) in [6.45, 7) is 2.10. The number of aromatic amines is 1. The summed E-state index contributed by atoms with van der Waals surface area (Å²) in [7, 11) is 0. The maximum atomic E-state index is 13.6. The summed E-state index contributed by atoms with van der Waals surface area (Å²) < 4.78 is 13.6. The Kier molecular flexibility index (Phi) is 2.21. The van der Waals surface area contributed by atoms with Gasteiger partial charge < -0.3 is 5.73 Å². The summed E-state index contributed by atoms with van der Waals surface area (Å²) in [5, 5.41) is 6.49. The highest BCUT2D eigenvalue weighted by Gasteiger charge is 2.38. The molecule has 1 saturated carbocycles. The van der Waals surface area contributed by atoms with E-state index in [1.165, 1.54) is 12.8 Å². The highest BCUT2D eigenvalue weighted by atomic mass is 19.1. The summed E-state index contributed by atoms with van der Waals surface area (Å²) >= 11 is 0. The molecule has 0 amide bonds.